The lowest BCUT2D eigenvalue weighted by molar-refractivity contribution is 0.105. The van der Waals surface area contributed by atoms with Gasteiger partial charge in [-0.15, -0.1) is 0 Å². The van der Waals surface area contributed by atoms with Gasteiger partial charge < -0.3 is 15.2 Å². The van der Waals surface area contributed by atoms with Gasteiger partial charge in [-0.2, -0.15) is 0 Å². The fourth-order valence-corrected chi connectivity index (χ4v) is 3.59. The molecule has 3 aromatic rings. The minimum atomic E-state index is -3.87. The number of anilines is 1. The number of hydrogen-bond donors (Lipinski definition) is 2. The molecule has 3 aromatic carbocycles. The zero-order chi connectivity index (χ0) is 24.2. The van der Waals surface area contributed by atoms with Crippen molar-refractivity contribution in [2.45, 2.75) is 4.90 Å². The summed E-state index contributed by atoms with van der Waals surface area (Å²) in [4.78, 5) is 13.0. The second-order valence-electron chi connectivity index (χ2n) is 6.97. The lowest BCUT2D eigenvalue weighted by Crippen LogP contribution is -2.12. The number of ether oxygens (including phenoxy) is 2. The van der Waals surface area contributed by atoms with E-state index in [1.807, 2.05) is 12.1 Å². The monoisotopic (exact) mass is 462 g/mol. The highest BCUT2D eigenvalue weighted by atomic mass is 32.2. The van der Waals surface area contributed by atoms with Crippen LogP contribution in [0.3, 0.4) is 0 Å². The van der Waals surface area contributed by atoms with Gasteiger partial charge in [0.2, 0.25) is 10.0 Å². The van der Waals surface area contributed by atoms with E-state index in [1.165, 1.54) is 38.5 Å². The molecule has 0 fully saturated rings. The Bertz CT molecular complexity index is 1400. The number of rotatable bonds is 6. The minimum Gasteiger partial charge on any atom is -0.496 e. The first-order valence-corrected chi connectivity index (χ1v) is 11.2. The molecule has 8 heteroatoms. The summed E-state index contributed by atoms with van der Waals surface area (Å²) in [5.41, 5.74) is 8.47. The number of carbonyl (C=O) groups is 1. The first-order chi connectivity index (χ1) is 15.7. The summed E-state index contributed by atoms with van der Waals surface area (Å²) in [5, 5.41) is 5.12. The van der Waals surface area contributed by atoms with Crippen molar-refractivity contribution in [1.82, 2.24) is 0 Å². The molecular weight excluding hydrogens is 440 g/mol. The zero-order valence-electron chi connectivity index (χ0n) is 18.1. The number of sulfonamides is 1. The second-order valence-corrected chi connectivity index (χ2v) is 8.53. The molecule has 0 aromatic heterocycles. The number of Topliss-reactive ketones (excluding diaryl/α,β-unsaturated/α-hetero) is 1. The second kappa shape index (κ2) is 9.61. The van der Waals surface area contributed by atoms with Gasteiger partial charge in [-0.3, -0.25) is 4.79 Å². The zero-order valence-corrected chi connectivity index (χ0v) is 18.9. The third kappa shape index (κ3) is 5.23. The van der Waals surface area contributed by atoms with E-state index in [4.69, 9.17) is 20.3 Å². The molecular formula is C25H22N2O5S. The maximum Gasteiger partial charge on any atom is 0.238 e. The van der Waals surface area contributed by atoms with Crippen molar-refractivity contribution in [2.24, 2.45) is 5.14 Å². The van der Waals surface area contributed by atoms with Crippen molar-refractivity contribution in [3.63, 3.8) is 0 Å². The van der Waals surface area contributed by atoms with Gasteiger partial charge in [-0.05, 0) is 42.5 Å². The van der Waals surface area contributed by atoms with Gasteiger partial charge in [0, 0.05) is 34.0 Å². The number of allylic oxidation sites excluding steroid dienone is 1. The molecule has 0 spiro atoms. The molecule has 0 aliphatic rings. The number of methoxy groups -OCH3 is 2. The van der Waals surface area contributed by atoms with Gasteiger partial charge in [0.05, 0.1) is 24.7 Å². The van der Waals surface area contributed by atoms with E-state index >= 15 is 0 Å². The van der Waals surface area contributed by atoms with Crippen LogP contribution in [0.15, 0.2) is 72.1 Å². The number of benzene rings is 3. The van der Waals surface area contributed by atoms with Crippen LogP contribution in [-0.2, 0) is 10.0 Å². The van der Waals surface area contributed by atoms with Crippen molar-refractivity contribution >= 4 is 27.1 Å². The van der Waals surface area contributed by atoms with Crippen molar-refractivity contribution in [1.29, 1.82) is 0 Å². The standard InChI is InChI=1S/C25H22N2O5S/c1-16(25(28)18-10-12-20(13-11-18)33(27,29)30)21-14-19(23(31-2)15-24(21)32-3)9-8-17-6-4-5-7-22(17)26/h4-7,10-15H,1,26H2,2-3H3,(H2,27,29,30). The smallest absolute Gasteiger partial charge is 0.238 e. The molecule has 3 rings (SSSR count). The molecule has 0 aliphatic heterocycles. The Morgan fingerprint density at radius 2 is 1.52 bits per heavy atom. The van der Waals surface area contributed by atoms with Gasteiger partial charge in [0.25, 0.3) is 0 Å². The largest absolute Gasteiger partial charge is 0.496 e. The van der Waals surface area contributed by atoms with E-state index < -0.39 is 15.8 Å². The van der Waals surface area contributed by atoms with Crippen LogP contribution >= 0.6 is 0 Å². The summed E-state index contributed by atoms with van der Waals surface area (Å²) in [6.07, 6.45) is 0. The molecule has 33 heavy (non-hydrogen) atoms. The van der Waals surface area contributed by atoms with E-state index in [0.29, 0.717) is 33.9 Å². The van der Waals surface area contributed by atoms with Crippen molar-refractivity contribution in [3.05, 3.63) is 89.5 Å². The Kier molecular flexibility index (Phi) is 6.87. The van der Waals surface area contributed by atoms with E-state index in [9.17, 15) is 13.2 Å². The summed E-state index contributed by atoms with van der Waals surface area (Å²) in [6, 6.07) is 15.8. The molecule has 0 unspecified atom stereocenters. The Hall–Kier alpha value is -4.06. The molecule has 0 amide bonds. The molecule has 0 heterocycles. The normalized spacial score (nSPS) is 10.6. The third-order valence-corrected chi connectivity index (χ3v) is 5.79. The van der Waals surface area contributed by atoms with Gasteiger partial charge in [-0.1, -0.05) is 30.6 Å². The van der Waals surface area contributed by atoms with E-state index in [1.54, 1.807) is 24.3 Å². The summed E-state index contributed by atoms with van der Waals surface area (Å²) in [7, 11) is -0.897. The molecule has 168 valence electrons. The lowest BCUT2D eigenvalue weighted by atomic mass is 9.95. The SMILES string of the molecule is C=C(C(=O)c1ccc(S(N)(=O)=O)cc1)c1cc(C#Cc2ccccc2N)c(OC)cc1OC. The number of carbonyl (C=O) groups excluding carboxylic acids is 1. The predicted octanol–water partition coefficient (Wildman–Crippen LogP) is 3.23. The molecule has 0 atom stereocenters. The van der Waals surface area contributed by atoms with E-state index in [-0.39, 0.29) is 16.0 Å². The number of ketones is 1. The van der Waals surface area contributed by atoms with Gasteiger partial charge in [0.1, 0.15) is 11.5 Å². The molecule has 0 aliphatic carbocycles. The van der Waals surface area contributed by atoms with Gasteiger partial charge in [-0.25, -0.2) is 13.6 Å². The van der Waals surface area contributed by atoms with Crippen LogP contribution < -0.4 is 20.3 Å². The number of nitrogens with two attached hydrogens (primary N) is 2. The molecule has 0 saturated heterocycles. The molecule has 7 nitrogen and oxygen atoms in total. The highest BCUT2D eigenvalue weighted by molar-refractivity contribution is 7.89. The fourth-order valence-electron chi connectivity index (χ4n) is 3.07. The number of hydrogen-bond acceptors (Lipinski definition) is 6. The third-order valence-electron chi connectivity index (χ3n) is 4.86. The first kappa shape index (κ1) is 23.6. The molecule has 0 bridgehead atoms. The van der Waals surface area contributed by atoms with E-state index in [2.05, 4.69) is 18.4 Å². The van der Waals surface area contributed by atoms with E-state index in [0.717, 1.165) is 0 Å². The van der Waals surface area contributed by atoms with Crippen LogP contribution in [0.25, 0.3) is 5.57 Å². The maximum absolute atomic E-state index is 13.0. The summed E-state index contributed by atoms with van der Waals surface area (Å²) in [6.45, 7) is 3.93. The molecule has 4 N–H and O–H groups in total. The van der Waals surface area contributed by atoms with Crippen molar-refractivity contribution in [2.75, 3.05) is 20.0 Å². The van der Waals surface area contributed by atoms with Crippen LogP contribution in [0.4, 0.5) is 5.69 Å². The quantitative estimate of drug-likeness (QED) is 0.251. The van der Waals surface area contributed by atoms with Crippen LogP contribution in [0, 0.1) is 11.8 Å². The van der Waals surface area contributed by atoms with Crippen molar-refractivity contribution < 1.29 is 22.7 Å². The van der Waals surface area contributed by atoms with Crippen LogP contribution in [-0.4, -0.2) is 28.4 Å². The number of para-hydroxylation sites is 1. The highest BCUT2D eigenvalue weighted by Gasteiger charge is 2.19. The fraction of sp³-hybridized carbons (Fsp3) is 0.0800. The van der Waals surface area contributed by atoms with Crippen LogP contribution in [0.2, 0.25) is 0 Å². The van der Waals surface area contributed by atoms with Crippen LogP contribution in [0.5, 0.6) is 11.5 Å². The Morgan fingerprint density at radius 3 is 2.09 bits per heavy atom. The number of primary sulfonamides is 1. The van der Waals surface area contributed by atoms with Crippen molar-refractivity contribution in [3.8, 4) is 23.3 Å². The average Bonchev–Trinajstić information content (AvgIpc) is 2.81. The van der Waals surface area contributed by atoms with Gasteiger partial charge >= 0.3 is 0 Å². The van der Waals surface area contributed by atoms with Crippen LogP contribution in [0.1, 0.15) is 27.0 Å². The maximum atomic E-state index is 13.0. The molecule has 0 saturated carbocycles. The summed E-state index contributed by atoms with van der Waals surface area (Å²) < 4.78 is 33.8. The Balaban J connectivity index is 2.03. The Labute approximate surface area is 192 Å². The Morgan fingerprint density at radius 1 is 0.909 bits per heavy atom. The summed E-state index contributed by atoms with van der Waals surface area (Å²) >= 11 is 0. The minimum absolute atomic E-state index is 0.0931. The number of nitrogen functional groups attached to an aromatic ring is 1. The molecule has 0 radical (unpaired) electrons. The summed E-state index contributed by atoms with van der Waals surface area (Å²) in [5.74, 6) is 6.45. The predicted molar refractivity (Wildman–Crippen MR) is 128 cm³/mol. The highest BCUT2D eigenvalue weighted by Crippen LogP contribution is 2.34. The lowest BCUT2D eigenvalue weighted by Gasteiger charge is -2.14. The first-order valence-electron chi connectivity index (χ1n) is 9.65. The topological polar surface area (TPSA) is 122 Å². The van der Waals surface area contributed by atoms with Gasteiger partial charge in [0.15, 0.2) is 5.78 Å². The average molecular weight is 463 g/mol.